The van der Waals surface area contributed by atoms with Gasteiger partial charge in [-0.2, -0.15) is 0 Å². The lowest BCUT2D eigenvalue weighted by atomic mass is 9.91. The summed E-state index contributed by atoms with van der Waals surface area (Å²) in [5.74, 6) is -0.734. The number of hydrogen-bond acceptors (Lipinski definition) is 2. The van der Waals surface area contributed by atoms with Crippen LogP contribution in [-0.2, 0) is 17.6 Å². The van der Waals surface area contributed by atoms with Crippen molar-refractivity contribution in [2.45, 2.75) is 40.5 Å². The molecule has 0 unspecified atom stereocenters. The molecule has 0 heterocycles. The predicted molar refractivity (Wildman–Crippen MR) is 64.9 cm³/mol. The molecule has 0 fully saturated rings. The monoisotopic (exact) mass is 218 g/mol. The summed E-state index contributed by atoms with van der Waals surface area (Å²) in [4.78, 5) is 23.1. The zero-order chi connectivity index (χ0) is 12.3. The first-order chi connectivity index (χ1) is 7.51. The molecule has 0 spiro atoms. The van der Waals surface area contributed by atoms with Crippen LogP contribution in [0.2, 0.25) is 0 Å². The van der Waals surface area contributed by atoms with Crippen LogP contribution in [0, 0.1) is 6.92 Å². The van der Waals surface area contributed by atoms with Crippen LogP contribution in [0.3, 0.4) is 0 Å². The molecule has 1 rings (SSSR count). The molecular weight excluding hydrogens is 200 g/mol. The first-order valence-electron chi connectivity index (χ1n) is 5.68. The van der Waals surface area contributed by atoms with Crippen LogP contribution in [-0.4, -0.2) is 11.6 Å². The minimum Gasteiger partial charge on any atom is -0.291 e. The van der Waals surface area contributed by atoms with Crippen molar-refractivity contribution in [3.8, 4) is 0 Å². The molecule has 0 N–H and O–H groups in total. The van der Waals surface area contributed by atoms with E-state index in [0.717, 1.165) is 29.5 Å². The van der Waals surface area contributed by atoms with Crippen molar-refractivity contribution in [1.29, 1.82) is 0 Å². The van der Waals surface area contributed by atoms with Crippen molar-refractivity contribution in [2.75, 3.05) is 0 Å². The summed E-state index contributed by atoms with van der Waals surface area (Å²) < 4.78 is 0. The van der Waals surface area contributed by atoms with Crippen molar-refractivity contribution >= 4 is 11.6 Å². The number of rotatable bonds is 4. The van der Waals surface area contributed by atoms with Gasteiger partial charge in [0, 0.05) is 12.5 Å². The molecule has 0 aromatic heterocycles. The third kappa shape index (κ3) is 2.38. The second kappa shape index (κ2) is 5.06. The highest BCUT2D eigenvalue weighted by molar-refractivity contribution is 6.43. The number of Topliss-reactive ketones (excluding diaryl/α,β-unsaturated/α-hetero) is 2. The minimum atomic E-state index is -0.381. The van der Waals surface area contributed by atoms with E-state index in [1.54, 1.807) is 0 Å². The van der Waals surface area contributed by atoms with Crippen LogP contribution in [0.1, 0.15) is 47.8 Å². The van der Waals surface area contributed by atoms with Gasteiger partial charge in [0.2, 0.25) is 5.78 Å². The maximum Gasteiger partial charge on any atom is 0.228 e. The standard InChI is InChI=1S/C14H18O2/c1-5-11-7-9(3)8-12(6-2)13(11)14(16)10(4)15/h7-8H,5-6H2,1-4H3. The Labute approximate surface area is 96.7 Å². The van der Waals surface area contributed by atoms with Gasteiger partial charge in [-0.1, -0.05) is 31.5 Å². The van der Waals surface area contributed by atoms with Crippen LogP contribution < -0.4 is 0 Å². The topological polar surface area (TPSA) is 34.1 Å². The van der Waals surface area contributed by atoms with Crippen molar-refractivity contribution in [3.05, 3.63) is 34.4 Å². The Morgan fingerprint density at radius 3 is 1.81 bits per heavy atom. The predicted octanol–water partition coefficient (Wildman–Crippen LogP) is 2.89. The summed E-state index contributed by atoms with van der Waals surface area (Å²) in [5, 5.41) is 0. The number of aryl methyl sites for hydroxylation is 3. The number of benzene rings is 1. The first-order valence-corrected chi connectivity index (χ1v) is 5.68. The van der Waals surface area contributed by atoms with Crippen molar-refractivity contribution in [1.82, 2.24) is 0 Å². The fraction of sp³-hybridized carbons (Fsp3) is 0.429. The highest BCUT2D eigenvalue weighted by Gasteiger charge is 2.18. The molecule has 2 heteroatoms. The highest BCUT2D eigenvalue weighted by atomic mass is 16.2. The van der Waals surface area contributed by atoms with Gasteiger partial charge in [0.15, 0.2) is 5.78 Å². The smallest absolute Gasteiger partial charge is 0.228 e. The Morgan fingerprint density at radius 1 is 1.06 bits per heavy atom. The first kappa shape index (κ1) is 12.6. The van der Waals surface area contributed by atoms with Gasteiger partial charge in [-0.3, -0.25) is 9.59 Å². The minimum absolute atomic E-state index is 0.353. The Kier molecular flexibility index (Phi) is 3.99. The lowest BCUT2D eigenvalue weighted by molar-refractivity contribution is -0.113. The van der Waals surface area contributed by atoms with Crippen LogP contribution in [0.4, 0.5) is 0 Å². The SMILES string of the molecule is CCc1cc(C)cc(CC)c1C(=O)C(C)=O. The van der Waals surface area contributed by atoms with Crippen molar-refractivity contribution in [3.63, 3.8) is 0 Å². The van der Waals surface area contributed by atoms with E-state index in [1.165, 1.54) is 6.92 Å². The van der Waals surface area contributed by atoms with Gasteiger partial charge in [0.05, 0.1) is 0 Å². The Bertz CT molecular complexity index is 405. The second-order valence-electron chi connectivity index (χ2n) is 4.05. The van der Waals surface area contributed by atoms with Crippen molar-refractivity contribution < 1.29 is 9.59 Å². The summed E-state index contributed by atoms with van der Waals surface area (Å²) >= 11 is 0. The zero-order valence-corrected chi connectivity index (χ0v) is 10.4. The van der Waals surface area contributed by atoms with Crippen LogP contribution >= 0.6 is 0 Å². The van der Waals surface area contributed by atoms with Gasteiger partial charge < -0.3 is 0 Å². The van der Waals surface area contributed by atoms with Crippen LogP contribution in [0.15, 0.2) is 12.1 Å². The van der Waals surface area contributed by atoms with E-state index in [2.05, 4.69) is 0 Å². The third-order valence-corrected chi connectivity index (χ3v) is 2.75. The molecule has 0 saturated heterocycles. The molecule has 0 radical (unpaired) electrons. The molecule has 16 heavy (non-hydrogen) atoms. The van der Waals surface area contributed by atoms with Gasteiger partial charge in [0.1, 0.15) is 0 Å². The lowest BCUT2D eigenvalue weighted by Crippen LogP contribution is -2.15. The van der Waals surface area contributed by atoms with E-state index in [0.29, 0.717) is 5.56 Å². The van der Waals surface area contributed by atoms with Gasteiger partial charge in [-0.25, -0.2) is 0 Å². The van der Waals surface area contributed by atoms with E-state index in [4.69, 9.17) is 0 Å². The normalized spacial score (nSPS) is 10.2. The average molecular weight is 218 g/mol. The molecule has 0 aliphatic rings. The average Bonchev–Trinajstić information content (AvgIpc) is 2.26. The van der Waals surface area contributed by atoms with E-state index in [9.17, 15) is 9.59 Å². The van der Waals surface area contributed by atoms with Gasteiger partial charge in [0.25, 0.3) is 0 Å². The maximum atomic E-state index is 11.9. The summed E-state index contributed by atoms with van der Waals surface area (Å²) in [7, 11) is 0. The third-order valence-electron chi connectivity index (χ3n) is 2.75. The quantitative estimate of drug-likeness (QED) is 0.575. The summed E-state index contributed by atoms with van der Waals surface area (Å²) in [6.45, 7) is 7.36. The maximum absolute atomic E-state index is 11.9. The molecule has 1 aromatic carbocycles. The zero-order valence-electron chi connectivity index (χ0n) is 10.4. The summed E-state index contributed by atoms with van der Waals surface area (Å²) in [5.41, 5.74) is 3.74. The van der Waals surface area contributed by atoms with Crippen LogP contribution in [0.25, 0.3) is 0 Å². The van der Waals surface area contributed by atoms with E-state index < -0.39 is 0 Å². The van der Waals surface area contributed by atoms with Gasteiger partial charge >= 0.3 is 0 Å². The second-order valence-corrected chi connectivity index (χ2v) is 4.05. The van der Waals surface area contributed by atoms with Gasteiger partial charge in [-0.05, 0) is 30.9 Å². The fourth-order valence-electron chi connectivity index (χ4n) is 1.97. The number of hydrogen-bond donors (Lipinski definition) is 0. The molecule has 0 atom stereocenters. The molecule has 0 amide bonds. The number of carbonyl (C=O) groups excluding carboxylic acids is 2. The fourth-order valence-corrected chi connectivity index (χ4v) is 1.97. The molecular formula is C14H18O2. The van der Waals surface area contributed by atoms with E-state index in [-0.39, 0.29) is 11.6 Å². The molecule has 1 aromatic rings. The van der Waals surface area contributed by atoms with Crippen molar-refractivity contribution in [2.24, 2.45) is 0 Å². The molecule has 0 bridgehead atoms. The Hall–Kier alpha value is -1.44. The highest BCUT2D eigenvalue weighted by Crippen LogP contribution is 2.20. The summed E-state index contributed by atoms with van der Waals surface area (Å²) in [6.07, 6.45) is 1.56. The Morgan fingerprint density at radius 2 is 1.50 bits per heavy atom. The summed E-state index contributed by atoms with van der Waals surface area (Å²) in [6, 6.07) is 3.99. The molecule has 0 aliphatic carbocycles. The molecule has 0 saturated carbocycles. The lowest BCUT2D eigenvalue weighted by Gasteiger charge is -2.12. The van der Waals surface area contributed by atoms with E-state index >= 15 is 0 Å². The van der Waals surface area contributed by atoms with E-state index in [1.807, 2.05) is 32.9 Å². The van der Waals surface area contributed by atoms with Gasteiger partial charge in [-0.15, -0.1) is 0 Å². The molecule has 0 aliphatic heterocycles. The van der Waals surface area contributed by atoms with Crippen LogP contribution in [0.5, 0.6) is 0 Å². The largest absolute Gasteiger partial charge is 0.291 e. The Balaban J connectivity index is 3.44. The molecule has 86 valence electrons. The molecule has 2 nitrogen and oxygen atoms in total. The number of ketones is 2. The number of carbonyl (C=O) groups is 2.